The van der Waals surface area contributed by atoms with Crippen LogP contribution in [-0.2, 0) is 49.7 Å². The molecular weight excluding hydrogens is 987 g/mol. The van der Waals surface area contributed by atoms with Gasteiger partial charge in [0.15, 0.2) is 0 Å². The minimum atomic E-state index is -1.67. The van der Waals surface area contributed by atoms with Gasteiger partial charge in [-0.25, -0.2) is 4.79 Å². The molecule has 13 heteroatoms. The van der Waals surface area contributed by atoms with E-state index in [0.717, 1.165) is 75.3 Å². The van der Waals surface area contributed by atoms with Crippen LogP contribution < -0.4 is 10.1 Å². The van der Waals surface area contributed by atoms with Gasteiger partial charge in [0.1, 0.15) is 40.7 Å². The second-order valence-electron chi connectivity index (χ2n) is 24.6. The highest BCUT2D eigenvalue weighted by Crippen LogP contribution is 2.58. The summed E-state index contributed by atoms with van der Waals surface area (Å²) < 4.78 is 19.2. The molecule has 7 N–H and O–H groups in total. The maximum atomic E-state index is 15.7. The van der Waals surface area contributed by atoms with Gasteiger partial charge in [-0.3, -0.25) is 9.59 Å². The minimum absolute atomic E-state index is 0.0273. The van der Waals surface area contributed by atoms with E-state index in [2.05, 4.69) is 29.3 Å². The van der Waals surface area contributed by atoms with Crippen molar-refractivity contribution < 1.29 is 59.2 Å². The number of carbonyl (C=O) groups excluding carboxylic acids is 3. The molecule has 13 nitrogen and oxygen atoms in total. The van der Waals surface area contributed by atoms with Gasteiger partial charge >= 0.3 is 11.9 Å². The minimum Gasteiger partial charge on any atom is -0.507 e. The van der Waals surface area contributed by atoms with Gasteiger partial charge in [-0.1, -0.05) is 92.8 Å². The number of aliphatic hydroxyl groups excluding tert-OH is 3. The van der Waals surface area contributed by atoms with Crippen LogP contribution in [0.1, 0.15) is 173 Å². The molecule has 3 aromatic carbocycles. The van der Waals surface area contributed by atoms with E-state index in [1.807, 2.05) is 36.4 Å². The number of carbonyl (C=O) groups is 3. The van der Waals surface area contributed by atoms with Crippen molar-refractivity contribution in [2.45, 2.75) is 195 Å². The highest BCUT2D eigenvalue weighted by atomic mass is 16.6. The first-order valence-corrected chi connectivity index (χ1v) is 29.4. The molecule has 8 aliphatic rings. The first-order valence-electron chi connectivity index (χ1n) is 29.4. The number of esters is 2. The normalized spacial score (nSPS) is 31.6. The van der Waals surface area contributed by atoms with E-state index in [1.54, 1.807) is 19.1 Å². The molecule has 10 bridgehead atoms. The van der Waals surface area contributed by atoms with Gasteiger partial charge in [-0.15, -0.1) is 0 Å². The number of Topliss-reactive ketones (excluding diaryl/α,β-unsaturated/α-hetero) is 1. The maximum absolute atomic E-state index is 15.7. The van der Waals surface area contributed by atoms with Gasteiger partial charge in [0.05, 0.1) is 37.8 Å². The average molecular weight is 1070 g/mol. The van der Waals surface area contributed by atoms with Crippen molar-refractivity contribution in [1.29, 1.82) is 0 Å². The number of ether oxygens (including phenoxy) is 3. The Hall–Kier alpha value is -5.33. The van der Waals surface area contributed by atoms with Gasteiger partial charge in [0.25, 0.3) is 0 Å². The lowest BCUT2D eigenvalue weighted by Crippen LogP contribution is -2.65. The van der Waals surface area contributed by atoms with E-state index in [-0.39, 0.29) is 98.7 Å². The molecule has 12 unspecified atom stereocenters. The molecule has 0 amide bonds. The summed E-state index contributed by atoms with van der Waals surface area (Å²) in [6.07, 6.45) is 15.0. The lowest BCUT2D eigenvalue weighted by molar-refractivity contribution is -0.221. The summed E-state index contributed by atoms with van der Waals surface area (Å²) in [5.74, 6) is 2.99. The number of phenols is 1. The van der Waals surface area contributed by atoms with Crippen molar-refractivity contribution in [3.63, 3.8) is 0 Å². The van der Waals surface area contributed by atoms with E-state index in [4.69, 9.17) is 14.2 Å². The van der Waals surface area contributed by atoms with Crippen molar-refractivity contribution in [1.82, 2.24) is 0 Å². The molecule has 5 aliphatic carbocycles. The molecule has 78 heavy (non-hydrogen) atoms. The van der Waals surface area contributed by atoms with Crippen molar-refractivity contribution in [3.8, 4) is 23.3 Å². The van der Waals surface area contributed by atoms with Crippen LogP contribution in [0.2, 0.25) is 0 Å². The third kappa shape index (κ3) is 11.2. The number of aromatic hydroxyl groups is 1. The topological polar surface area (TPSA) is 212 Å². The number of hydrogen-bond acceptors (Lipinski definition) is 13. The smallest absolute Gasteiger partial charge is 0.334 e. The van der Waals surface area contributed by atoms with Crippen LogP contribution in [0.5, 0.6) is 11.5 Å². The van der Waals surface area contributed by atoms with Gasteiger partial charge in [-0.2, -0.15) is 0 Å². The second-order valence-corrected chi connectivity index (χ2v) is 24.6. The molecule has 4 fully saturated rings. The Labute approximate surface area is 458 Å². The van der Waals surface area contributed by atoms with Crippen LogP contribution in [-0.4, -0.2) is 97.1 Å². The summed E-state index contributed by atoms with van der Waals surface area (Å²) in [4.78, 5) is 43.9. The molecule has 0 aromatic heterocycles. The molecule has 416 valence electrons. The predicted molar refractivity (Wildman–Crippen MR) is 294 cm³/mol. The first-order chi connectivity index (χ1) is 37.6. The number of benzene rings is 3. The second kappa shape index (κ2) is 23.0. The zero-order valence-corrected chi connectivity index (χ0v) is 45.2. The SMILES string of the molecule is CC(O)(CNc1cc(CO)cc(C2C#CC3CC(=O)Oc4c3cc(c(O)c4C3CCCCC3)CC3OC(=O)C(=CC(O)Cc4cccc(c4)CC4C(=O)CCC5C4CC4C=CCCC4C35O)C2)c1)C(O)COC1CCCCC1. The van der Waals surface area contributed by atoms with Crippen molar-refractivity contribution in [2.24, 2.45) is 29.6 Å². The zero-order chi connectivity index (χ0) is 54.3. The predicted octanol–water partition coefficient (Wildman–Crippen LogP) is 8.86. The number of fused-ring (bicyclic) bond motifs is 9. The highest BCUT2D eigenvalue weighted by Gasteiger charge is 2.62. The van der Waals surface area contributed by atoms with Crippen LogP contribution in [0.3, 0.4) is 0 Å². The summed E-state index contributed by atoms with van der Waals surface area (Å²) in [6.45, 7) is 1.09. The van der Waals surface area contributed by atoms with Gasteiger partial charge in [0, 0.05) is 60.0 Å². The number of rotatable bonds is 10. The van der Waals surface area contributed by atoms with E-state index >= 15 is 4.79 Å². The quantitative estimate of drug-likeness (QED) is 0.0438. The summed E-state index contributed by atoms with van der Waals surface area (Å²) in [5, 5.41) is 76.1. The summed E-state index contributed by atoms with van der Waals surface area (Å²) in [6, 6.07) is 15.2. The van der Waals surface area contributed by atoms with E-state index in [9.17, 15) is 40.2 Å². The van der Waals surface area contributed by atoms with Crippen LogP contribution in [0, 0.1) is 41.4 Å². The fourth-order valence-corrected chi connectivity index (χ4v) is 15.2. The molecule has 3 heterocycles. The van der Waals surface area contributed by atoms with E-state index < -0.39 is 65.1 Å². The fraction of sp³-hybridized carbons (Fsp3) is 0.585. The Bertz CT molecular complexity index is 2870. The number of ketones is 1. The molecule has 0 spiro atoms. The molecule has 0 saturated heterocycles. The average Bonchev–Trinajstić information content (AvgIpc) is 3.65. The molecule has 3 aliphatic heterocycles. The van der Waals surface area contributed by atoms with Gasteiger partial charge < -0.3 is 50.2 Å². The summed E-state index contributed by atoms with van der Waals surface area (Å²) >= 11 is 0. The molecule has 12 atom stereocenters. The molecular formula is C65H79NO12. The number of nitrogens with one attached hydrogen (secondary N) is 1. The Balaban J connectivity index is 1.06. The number of phenolic OH excluding ortho intramolecular Hbond substituents is 1. The van der Waals surface area contributed by atoms with Gasteiger partial charge in [-0.05, 0) is 153 Å². The Kier molecular flexibility index (Phi) is 16.1. The number of aliphatic hydroxyl groups is 5. The summed E-state index contributed by atoms with van der Waals surface area (Å²) in [5.41, 5.74) is 1.88. The lowest BCUT2D eigenvalue weighted by Gasteiger charge is -2.58. The number of anilines is 1. The number of hydrogen-bond donors (Lipinski definition) is 7. The Morgan fingerprint density at radius 1 is 0.872 bits per heavy atom. The van der Waals surface area contributed by atoms with Crippen LogP contribution in [0.15, 0.2) is 72.3 Å². The Morgan fingerprint density at radius 2 is 1.63 bits per heavy atom. The largest absolute Gasteiger partial charge is 0.507 e. The Morgan fingerprint density at radius 3 is 2.41 bits per heavy atom. The third-order valence-corrected chi connectivity index (χ3v) is 19.4. The highest BCUT2D eigenvalue weighted by molar-refractivity contribution is 5.89. The standard InChI is InChI=1S/C65H79NO12/c1-64(74,57(70)36-76-50-16-6-3-7-17-50)37-66-48-25-40(35-67)24-45(29-48)42-19-20-43-34-59(71)78-62-51(43)32-46(61(72)60(62)41-13-4-2-5-14-41)33-58-65(75)54-18-9-8-15-44(54)31-52-53(56(69)22-21-55(52)65)27-39-12-10-11-38(23-39)26-49(68)30-47(28-42)63(73)77-58/h8,10-12,15,23-25,29-30,32,41-44,49-50,52-55,57-58,66-68,70,72,74-75H,2-7,9,13-14,16-18,21-22,26-28,31,33-37H2,1H3. The van der Waals surface area contributed by atoms with Crippen molar-refractivity contribution in [2.75, 3.05) is 18.5 Å². The third-order valence-electron chi connectivity index (χ3n) is 19.4. The van der Waals surface area contributed by atoms with Crippen LogP contribution in [0.25, 0.3) is 0 Å². The fourth-order valence-electron chi connectivity index (χ4n) is 15.2. The molecule has 11 rings (SSSR count). The molecule has 4 saturated carbocycles. The van der Waals surface area contributed by atoms with Crippen LogP contribution in [0.4, 0.5) is 5.69 Å². The molecule has 3 aromatic rings. The number of allylic oxidation sites excluding steroid dienone is 2. The zero-order valence-electron chi connectivity index (χ0n) is 45.2. The van der Waals surface area contributed by atoms with E-state index in [0.29, 0.717) is 71.4 Å². The van der Waals surface area contributed by atoms with E-state index in [1.165, 1.54) is 6.08 Å². The first kappa shape index (κ1) is 54.6. The summed E-state index contributed by atoms with van der Waals surface area (Å²) in [7, 11) is 0. The maximum Gasteiger partial charge on any atom is 0.334 e. The van der Waals surface area contributed by atoms with Crippen LogP contribution >= 0.6 is 0 Å². The molecule has 0 radical (unpaired) electrons. The van der Waals surface area contributed by atoms with Crippen molar-refractivity contribution in [3.05, 3.63) is 111 Å². The van der Waals surface area contributed by atoms with Crippen molar-refractivity contribution >= 4 is 23.4 Å². The van der Waals surface area contributed by atoms with Gasteiger partial charge in [0.2, 0.25) is 0 Å². The lowest BCUT2D eigenvalue weighted by atomic mass is 9.49. The monoisotopic (exact) mass is 1070 g/mol.